The van der Waals surface area contributed by atoms with E-state index in [0.717, 1.165) is 0 Å². The summed E-state index contributed by atoms with van der Waals surface area (Å²) in [4.78, 5) is 60.4. The van der Waals surface area contributed by atoms with E-state index in [1.807, 2.05) is 5.32 Å². The Kier molecular flexibility index (Phi) is 11.3. The van der Waals surface area contributed by atoms with E-state index in [1.165, 1.54) is 0 Å². The first-order valence-corrected chi connectivity index (χ1v) is 8.18. The number of carboxylic acids is 1. The number of carbonyl (C=O) groups is 5. The highest BCUT2D eigenvalue weighted by atomic mass is 16.4. The molecule has 2 unspecified atom stereocenters. The molecule has 0 fully saturated rings. The van der Waals surface area contributed by atoms with Crippen LogP contribution in [0.5, 0.6) is 0 Å². The number of nitrogens with two attached hydrogens (primary N) is 4. The number of amides is 4. The Bertz CT molecular complexity index is 619. The highest BCUT2D eigenvalue weighted by Crippen LogP contribution is 1.95. The molecule has 0 spiro atoms. The first kappa shape index (κ1) is 24.6. The molecule has 0 aromatic carbocycles. The molecule has 0 bridgehead atoms. The van der Waals surface area contributed by atoms with Crippen molar-refractivity contribution >= 4 is 35.6 Å². The number of hydrogen-bond acceptors (Lipinski definition) is 7. The largest absolute Gasteiger partial charge is 0.480 e. The van der Waals surface area contributed by atoms with Crippen LogP contribution in [-0.4, -0.2) is 72.4 Å². The minimum atomic E-state index is -1.50. The van der Waals surface area contributed by atoms with Crippen LogP contribution in [0, 0.1) is 0 Å². The van der Waals surface area contributed by atoms with Crippen molar-refractivity contribution in [2.45, 2.75) is 31.3 Å². The van der Waals surface area contributed by atoms with E-state index in [9.17, 15) is 24.0 Å². The standard InChI is InChI=1S/C14H26N8O6/c15-7(2-1-3-19-14(17)18)12(26)21-5-10(24)20-6-11(25)22-8(13(27)28)4-9(16)23/h7-8H,1-6,15H2,(H2,16,23)(H,20,24)(H,21,26)(H,22,25)(H,27,28)(H4,17,18,19). The summed E-state index contributed by atoms with van der Waals surface area (Å²) in [6, 6.07) is -2.37. The van der Waals surface area contributed by atoms with Crippen molar-refractivity contribution in [3.05, 3.63) is 0 Å². The first-order chi connectivity index (χ1) is 13.0. The molecule has 0 saturated heterocycles. The first-order valence-electron chi connectivity index (χ1n) is 8.18. The van der Waals surface area contributed by atoms with Gasteiger partial charge in [0.1, 0.15) is 6.04 Å². The number of rotatable bonds is 13. The van der Waals surface area contributed by atoms with Gasteiger partial charge in [-0.1, -0.05) is 0 Å². The van der Waals surface area contributed by atoms with Crippen LogP contribution < -0.4 is 38.9 Å². The van der Waals surface area contributed by atoms with E-state index in [1.54, 1.807) is 0 Å². The lowest BCUT2D eigenvalue weighted by molar-refractivity contribution is -0.143. The van der Waals surface area contributed by atoms with E-state index in [4.69, 9.17) is 28.0 Å². The number of guanidine groups is 1. The molecule has 0 aromatic rings. The number of aliphatic imine (C=N–C) groups is 1. The molecule has 0 aliphatic heterocycles. The fraction of sp³-hybridized carbons (Fsp3) is 0.571. The van der Waals surface area contributed by atoms with Crippen LogP contribution in [0.15, 0.2) is 4.99 Å². The summed E-state index contributed by atoms with van der Waals surface area (Å²) in [5.41, 5.74) is 20.8. The number of nitrogens with one attached hydrogen (secondary N) is 3. The van der Waals surface area contributed by atoms with Crippen LogP contribution >= 0.6 is 0 Å². The molecule has 2 atom stereocenters. The van der Waals surface area contributed by atoms with Gasteiger partial charge in [0.25, 0.3) is 0 Å². The van der Waals surface area contributed by atoms with Crippen molar-refractivity contribution in [2.24, 2.45) is 27.9 Å². The van der Waals surface area contributed by atoms with Crippen molar-refractivity contribution < 1.29 is 29.1 Å². The smallest absolute Gasteiger partial charge is 0.326 e. The van der Waals surface area contributed by atoms with Crippen LogP contribution in [0.25, 0.3) is 0 Å². The maximum atomic E-state index is 11.7. The number of carboxylic acid groups (broad SMARTS) is 1. The Morgan fingerprint density at radius 3 is 2.11 bits per heavy atom. The van der Waals surface area contributed by atoms with Crippen molar-refractivity contribution in [2.75, 3.05) is 19.6 Å². The molecule has 0 aliphatic rings. The van der Waals surface area contributed by atoms with E-state index in [-0.39, 0.29) is 5.96 Å². The Hall–Kier alpha value is -3.42. The molecule has 12 N–H and O–H groups in total. The number of primary amides is 1. The predicted octanol–water partition coefficient (Wildman–Crippen LogP) is -4.96. The summed E-state index contributed by atoms with van der Waals surface area (Å²) in [6.45, 7) is -0.675. The molecule has 14 heteroatoms. The van der Waals surface area contributed by atoms with Crippen LogP contribution in [0.3, 0.4) is 0 Å². The molecule has 0 saturated carbocycles. The fourth-order valence-electron chi connectivity index (χ4n) is 1.84. The fourth-order valence-corrected chi connectivity index (χ4v) is 1.84. The van der Waals surface area contributed by atoms with Gasteiger partial charge in [-0.2, -0.15) is 0 Å². The Morgan fingerprint density at radius 1 is 0.964 bits per heavy atom. The minimum Gasteiger partial charge on any atom is -0.480 e. The summed E-state index contributed by atoms with van der Waals surface area (Å²) >= 11 is 0. The molecule has 14 nitrogen and oxygen atoms in total. The normalized spacial score (nSPS) is 12.2. The maximum absolute atomic E-state index is 11.7. The lowest BCUT2D eigenvalue weighted by Gasteiger charge is -2.14. The van der Waals surface area contributed by atoms with Gasteiger partial charge in [-0.25, -0.2) is 4.79 Å². The van der Waals surface area contributed by atoms with Crippen LogP contribution in [0.4, 0.5) is 0 Å². The summed E-state index contributed by atoms with van der Waals surface area (Å²) in [5, 5.41) is 15.4. The average molecular weight is 402 g/mol. The molecule has 0 aromatic heterocycles. The van der Waals surface area contributed by atoms with E-state index in [2.05, 4.69) is 15.6 Å². The van der Waals surface area contributed by atoms with E-state index >= 15 is 0 Å². The van der Waals surface area contributed by atoms with Gasteiger partial charge in [0.15, 0.2) is 5.96 Å². The third kappa shape index (κ3) is 12.0. The van der Waals surface area contributed by atoms with Gasteiger partial charge in [-0.15, -0.1) is 0 Å². The molecular weight excluding hydrogens is 376 g/mol. The lowest BCUT2D eigenvalue weighted by Crippen LogP contribution is -2.49. The predicted molar refractivity (Wildman–Crippen MR) is 97.3 cm³/mol. The Morgan fingerprint density at radius 2 is 1.57 bits per heavy atom. The summed E-state index contributed by atoms with van der Waals surface area (Å²) in [5.74, 6) is -4.53. The second-order valence-corrected chi connectivity index (χ2v) is 5.68. The van der Waals surface area contributed by atoms with Crippen molar-refractivity contribution in [3.8, 4) is 0 Å². The van der Waals surface area contributed by atoms with Gasteiger partial charge in [0.2, 0.25) is 23.6 Å². The van der Waals surface area contributed by atoms with Crippen LogP contribution in [0.2, 0.25) is 0 Å². The zero-order valence-corrected chi connectivity index (χ0v) is 15.1. The van der Waals surface area contributed by atoms with Gasteiger partial charge in [-0.3, -0.25) is 24.2 Å². The zero-order valence-electron chi connectivity index (χ0n) is 15.1. The molecule has 158 valence electrons. The third-order valence-corrected chi connectivity index (χ3v) is 3.21. The lowest BCUT2D eigenvalue weighted by atomic mass is 10.1. The van der Waals surface area contributed by atoms with Gasteiger partial charge < -0.3 is 44.0 Å². The van der Waals surface area contributed by atoms with Crippen molar-refractivity contribution in [1.82, 2.24) is 16.0 Å². The summed E-state index contributed by atoms with van der Waals surface area (Å²) in [6.07, 6.45) is 0.171. The van der Waals surface area contributed by atoms with Crippen LogP contribution in [0.1, 0.15) is 19.3 Å². The molecule has 4 amide bonds. The molecule has 0 rings (SSSR count). The van der Waals surface area contributed by atoms with Crippen molar-refractivity contribution in [3.63, 3.8) is 0 Å². The monoisotopic (exact) mass is 402 g/mol. The quantitative estimate of drug-likeness (QED) is 0.0832. The summed E-state index contributed by atoms with van der Waals surface area (Å²) < 4.78 is 0. The molecule has 0 heterocycles. The second-order valence-electron chi connectivity index (χ2n) is 5.68. The molecule has 28 heavy (non-hydrogen) atoms. The van der Waals surface area contributed by atoms with Gasteiger partial charge >= 0.3 is 5.97 Å². The van der Waals surface area contributed by atoms with E-state index < -0.39 is 61.2 Å². The summed E-state index contributed by atoms with van der Waals surface area (Å²) in [7, 11) is 0. The average Bonchev–Trinajstić information content (AvgIpc) is 2.60. The Labute approximate surface area is 160 Å². The SMILES string of the molecule is NC(=O)CC(NC(=O)CNC(=O)CNC(=O)C(N)CCCN=C(N)N)C(=O)O. The molecule has 0 radical (unpaired) electrons. The van der Waals surface area contributed by atoms with Crippen LogP contribution in [-0.2, 0) is 24.0 Å². The topological polar surface area (TPSA) is 258 Å². The second kappa shape index (κ2) is 12.9. The maximum Gasteiger partial charge on any atom is 0.326 e. The number of hydrogen-bond donors (Lipinski definition) is 8. The Balaban J connectivity index is 4.15. The van der Waals surface area contributed by atoms with Gasteiger partial charge in [0.05, 0.1) is 25.6 Å². The van der Waals surface area contributed by atoms with Crippen molar-refractivity contribution in [1.29, 1.82) is 0 Å². The molecule has 0 aliphatic carbocycles. The number of nitrogens with zero attached hydrogens (tertiary/aromatic N) is 1. The van der Waals surface area contributed by atoms with Gasteiger partial charge in [-0.05, 0) is 12.8 Å². The number of carbonyl (C=O) groups excluding carboxylic acids is 4. The van der Waals surface area contributed by atoms with Gasteiger partial charge in [0, 0.05) is 6.54 Å². The highest BCUT2D eigenvalue weighted by molar-refractivity contribution is 5.91. The third-order valence-electron chi connectivity index (χ3n) is 3.21. The number of aliphatic carboxylic acids is 1. The highest BCUT2D eigenvalue weighted by Gasteiger charge is 2.22. The molecular formula is C14H26N8O6. The van der Waals surface area contributed by atoms with E-state index in [0.29, 0.717) is 19.4 Å². The zero-order chi connectivity index (χ0) is 21.7. The minimum absolute atomic E-state index is 0.0666.